The topological polar surface area (TPSA) is 136 Å². The summed E-state index contributed by atoms with van der Waals surface area (Å²) in [4.78, 5) is 36.9. The fourth-order valence-electron chi connectivity index (χ4n) is 6.15. The minimum atomic E-state index is -4.04. The Kier molecular flexibility index (Phi) is 40.6. The zero-order valence-electron chi connectivity index (χ0n) is 36.8. The minimum Gasteiger partial charge on any atom is -0.462 e. The first-order chi connectivity index (χ1) is 27.8. The summed E-state index contributed by atoms with van der Waals surface area (Å²) in [7, 11) is -1.47. The third kappa shape index (κ3) is 39.2. The highest BCUT2D eigenvalue weighted by Crippen LogP contribution is 2.48. The lowest BCUT2D eigenvalue weighted by molar-refractivity contribution is -0.161. The van der Waals surface area contributed by atoms with Gasteiger partial charge in [0.1, 0.15) is 13.2 Å². The molecule has 12 heteroatoms. The zero-order chi connectivity index (χ0) is 41.9. The second kappa shape index (κ2) is 42.1. The minimum absolute atomic E-state index is 0.0568. The van der Waals surface area contributed by atoms with Crippen molar-refractivity contribution in [3.8, 4) is 0 Å². The number of carbonyl (C=O) groups is 3. The van der Waals surface area contributed by atoms with Crippen LogP contribution in [0.15, 0.2) is 24.3 Å². The van der Waals surface area contributed by atoms with Crippen molar-refractivity contribution in [3.05, 3.63) is 24.3 Å². The molecule has 0 aliphatic heterocycles. The molecule has 57 heavy (non-hydrogen) atoms. The highest BCUT2D eigenvalue weighted by Gasteiger charge is 2.28. The number of nitrogens with one attached hydrogen (secondary N) is 1. The van der Waals surface area contributed by atoms with Crippen molar-refractivity contribution < 1.29 is 46.7 Å². The number of phosphoric ester groups is 1. The lowest BCUT2D eigenvalue weighted by Crippen LogP contribution is -2.31. The maximum atomic E-state index is 13.0. The summed E-state index contributed by atoms with van der Waals surface area (Å²) in [5.41, 5.74) is 0. The number of rotatable bonds is 43. The van der Waals surface area contributed by atoms with Gasteiger partial charge in [-0.3, -0.25) is 28.0 Å². The molecule has 0 saturated carbocycles. The quantitative estimate of drug-likeness (QED) is 0.0274. The van der Waals surface area contributed by atoms with Crippen LogP contribution >= 0.6 is 7.82 Å². The van der Waals surface area contributed by atoms with Crippen molar-refractivity contribution in [3.63, 3.8) is 0 Å². The predicted molar refractivity (Wildman–Crippen MR) is 231 cm³/mol. The molecule has 0 aliphatic rings. The number of hydrogen-bond acceptors (Lipinski definition) is 10. The molecule has 0 rings (SSSR count). The van der Waals surface area contributed by atoms with Crippen LogP contribution in [0, 0.1) is 0 Å². The van der Waals surface area contributed by atoms with Crippen LogP contribution in [0.5, 0.6) is 0 Å². The summed E-state index contributed by atoms with van der Waals surface area (Å²) < 4.78 is 44.6. The Balaban J connectivity index is 4.55. The third-order valence-electron chi connectivity index (χ3n) is 9.60. The van der Waals surface area contributed by atoms with Crippen molar-refractivity contribution in [1.82, 2.24) is 5.32 Å². The zero-order valence-corrected chi connectivity index (χ0v) is 37.6. The molecular formula is C45H84NO10P. The Hall–Kier alpha value is -2.04. The number of methoxy groups -OCH3 is 1. The molecule has 2 atom stereocenters. The van der Waals surface area contributed by atoms with E-state index in [1.165, 1.54) is 104 Å². The molecule has 0 radical (unpaired) electrons. The first-order valence-electron chi connectivity index (χ1n) is 22.7. The number of carbonyl (C=O) groups excluding carboxylic acids is 3. The Morgan fingerprint density at radius 1 is 0.561 bits per heavy atom. The number of phosphoric acid groups is 1. The van der Waals surface area contributed by atoms with Gasteiger partial charge in [0.05, 0.1) is 13.2 Å². The normalized spacial score (nSPS) is 13.3. The Labute approximate surface area is 348 Å². The number of unbranched alkanes of at least 4 members (excludes halogenated alkanes) is 22. The highest BCUT2D eigenvalue weighted by atomic mass is 31.2. The fourth-order valence-corrected chi connectivity index (χ4v) is 7.10. The van der Waals surface area contributed by atoms with E-state index in [0.717, 1.165) is 70.6 Å². The van der Waals surface area contributed by atoms with Gasteiger partial charge >= 0.3 is 19.8 Å². The largest absolute Gasteiger partial charge is 0.474 e. The summed E-state index contributed by atoms with van der Waals surface area (Å²) >= 11 is 0. The van der Waals surface area contributed by atoms with Crippen molar-refractivity contribution >= 4 is 25.7 Å². The van der Waals surface area contributed by atoms with Crippen LogP contribution in [-0.4, -0.2) is 71.1 Å². The van der Waals surface area contributed by atoms with Crippen LogP contribution in [0.2, 0.25) is 0 Å². The summed E-state index contributed by atoms with van der Waals surface area (Å²) in [6, 6.07) is 0. The first kappa shape index (κ1) is 55.0. The molecule has 0 aromatic carbocycles. The second-order valence-corrected chi connectivity index (χ2v) is 16.8. The van der Waals surface area contributed by atoms with Crippen LogP contribution in [0.25, 0.3) is 0 Å². The number of amides is 1. The van der Waals surface area contributed by atoms with Crippen molar-refractivity contribution in [1.29, 1.82) is 0 Å². The summed E-state index contributed by atoms with van der Waals surface area (Å²) in [5, 5.41) is 2.55. The highest BCUT2D eigenvalue weighted by molar-refractivity contribution is 7.48. The van der Waals surface area contributed by atoms with Crippen LogP contribution in [0.4, 0.5) is 0 Å². The molecule has 334 valence electrons. The van der Waals surface area contributed by atoms with Crippen LogP contribution in [0.3, 0.4) is 0 Å². The van der Waals surface area contributed by atoms with E-state index < -0.39 is 19.9 Å². The van der Waals surface area contributed by atoms with Crippen molar-refractivity contribution in [2.75, 3.05) is 47.2 Å². The monoisotopic (exact) mass is 830 g/mol. The third-order valence-corrected chi connectivity index (χ3v) is 11.0. The Morgan fingerprint density at radius 3 is 1.46 bits per heavy atom. The van der Waals surface area contributed by atoms with Gasteiger partial charge in [-0.2, -0.15) is 0 Å². The summed E-state index contributed by atoms with van der Waals surface area (Å²) in [6.07, 6.45) is 39.0. The lowest BCUT2D eigenvalue weighted by Gasteiger charge is -2.21. The summed E-state index contributed by atoms with van der Waals surface area (Å²) in [5.74, 6) is -1.18. The molecule has 1 N–H and O–H groups in total. The smallest absolute Gasteiger partial charge is 0.462 e. The first-order valence-corrected chi connectivity index (χ1v) is 24.1. The van der Waals surface area contributed by atoms with Gasteiger partial charge in [-0.15, -0.1) is 0 Å². The van der Waals surface area contributed by atoms with E-state index in [9.17, 15) is 18.9 Å². The fraction of sp³-hybridized carbons (Fsp3) is 0.844. The van der Waals surface area contributed by atoms with Gasteiger partial charge in [0, 0.05) is 33.6 Å². The van der Waals surface area contributed by atoms with E-state index >= 15 is 0 Å². The number of esters is 2. The molecular weight excluding hydrogens is 745 g/mol. The molecule has 0 aliphatic carbocycles. The van der Waals surface area contributed by atoms with Crippen LogP contribution in [0.1, 0.15) is 194 Å². The van der Waals surface area contributed by atoms with E-state index in [1.807, 2.05) is 0 Å². The van der Waals surface area contributed by atoms with Gasteiger partial charge in [-0.05, 0) is 64.2 Å². The Bertz CT molecular complexity index is 1050. The average Bonchev–Trinajstić information content (AvgIpc) is 3.20. The molecule has 11 nitrogen and oxygen atoms in total. The lowest BCUT2D eigenvalue weighted by atomic mass is 10.1. The maximum absolute atomic E-state index is 13.0. The maximum Gasteiger partial charge on any atom is 0.474 e. The molecule has 0 aromatic rings. The van der Waals surface area contributed by atoms with Gasteiger partial charge in [-0.25, -0.2) is 4.57 Å². The molecule has 0 spiro atoms. The van der Waals surface area contributed by atoms with Crippen LogP contribution in [-0.2, 0) is 46.7 Å². The van der Waals surface area contributed by atoms with Gasteiger partial charge in [0.25, 0.3) is 0 Å². The molecule has 1 amide bonds. The Morgan fingerprint density at radius 2 is 1.00 bits per heavy atom. The molecule has 0 saturated heterocycles. The molecule has 0 bridgehead atoms. The van der Waals surface area contributed by atoms with E-state index in [0.29, 0.717) is 6.42 Å². The van der Waals surface area contributed by atoms with Gasteiger partial charge in [0.2, 0.25) is 5.91 Å². The number of ether oxygens (including phenoxy) is 3. The number of hydrogen-bond donors (Lipinski definition) is 1. The molecule has 2 unspecified atom stereocenters. The van der Waals surface area contributed by atoms with E-state index in [2.05, 4.69) is 43.5 Å². The van der Waals surface area contributed by atoms with Crippen LogP contribution < -0.4 is 5.32 Å². The van der Waals surface area contributed by atoms with Crippen molar-refractivity contribution in [2.45, 2.75) is 200 Å². The standard InChI is InChI=1S/C45H84NO10P/c1-5-7-9-11-13-15-17-19-21-23-25-27-29-31-33-35-44(48)53-39-42(40-55-57(50,52-4)54-38-37-46-43(47)41-51-3)56-45(49)36-34-32-30-28-26-24-22-20-18-16-14-12-10-8-6-2/h19-22,42H,5-18,23-41H2,1-4H3,(H,46,47)/b21-19-,22-20-. The van der Waals surface area contributed by atoms with Gasteiger partial charge in [0.15, 0.2) is 6.10 Å². The van der Waals surface area contributed by atoms with Crippen molar-refractivity contribution in [2.24, 2.45) is 0 Å². The van der Waals surface area contributed by atoms with Gasteiger partial charge in [-0.1, -0.05) is 141 Å². The number of allylic oxidation sites excluding steroid dienone is 4. The molecule has 0 heterocycles. The SMILES string of the molecule is CCCCCCCC/C=C\CCCCCCCC(=O)OCC(COP(=O)(OC)OCCNC(=O)COC)OC(=O)CCCCCCC/C=C\CCCCCCCC. The van der Waals surface area contributed by atoms with E-state index in [-0.39, 0.29) is 57.7 Å². The average molecular weight is 830 g/mol. The van der Waals surface area contributed by atoms with Gasteiger partial charge < -0.3 is 19.5 Å². The molecule has 0 aromatic heterocycles. The summed E-state index contributed by atoms with van der Waals surface area (Å²) in [6.45, 7) is 3.69. The second-order valence-electron chi connectivity index (χ2n) is 15.0. The molecule has 0 fully saturated rings. The van der Waals surface area contributed by atoms with E-state index in [1.54, 1.807) is 0 Å². The predicted octanol–water partition coefficient (Wildman–Crippen LogP) is 12.1. The van der Waals surface area contributed by atoms with E-state index in [4.69, 9.17) is 27.8 Å².